The molecule has 0 unspecified atom stereocenters. The van der Waals surface area contributed by atoms with Crippen molar-refractivity contribution in [2.75, 3.05) is 12.4 Å². The van der Waals surface area contributed by atoms with Crippen molar-refractivity contribution in [3.63, 3.8) is 0 Å². The van der Waals surface area contributed by atoms with Crippen molar-refractivity contribution in [2.24, 2.45) is 0 Å². The molecule has 2 heterocycles. The van der Waals surface area contributed by atoms with Gasteiger partial charge in [0.25, 0.3) is 5.56 Å². The third-order valence-electron chi connectivity index (χ3n) is 6.12. The maximum Gasteiger partial charge on any atom is 0.278 e. The summed E-state index contributed by atoms with van der Waals surface area (Å²) < 4.78 is 14.8. The van der Waals surface area contributed by atoms with Crippen LogP contribution in [0.25, 0.3) is 5.69 Å². The number of nitrogens with one attached hydrogen (secondary N) is 1. The van der Waals surface area contributed by atoms with Crippen LogP contribution in [0.3, 0.4) is 0 Å². The van der Waals surface area contributed by atoms with Crippen LogP contribution in [-0.4, -0.2) is 22.4 Å². The quantitative estimate of drug-likeness (QED) is 0.420. The number of amides is 1. The normalized spacial score (nSPS) is 11.9. The van der Waals surface area contributed by atoms with Gasteiger partial charge in [0, 0.05) is 17.7 Å². The molecular formula is C27H25N3O4. The molecule has 1 aliphatic rings. The van der Waals surface area contributed by atoms with Crippen LogP contribution in [-0.2, 0) is 17.8 Å². The number of anilines is 1. The van der Waals surface area contributed by atoms with E-state index in [1.807, 2.05) is 80.6 Å². The number of rotatable bonds is 5. The number of fused-ring (bicyclic) bond motifs is 2. The molecule has 1 N–H and O–H groups in total. The highest BCUT2D eigenvalue weighted by Crippen LogP contribution is 2.41. The molecule has 3 aromatic carbocycles. The summed E-state index contributed by atoms with van der Waals surface area (Å²) in [5.74, 6) is 1.22. The van der Waals surface area contributed by atoms with E-state index >= 15 is 0 Å². The van der Waals surface area contributed by atoms with Crippen molar-refractivity contribution in [3.8, 4) is 23.1 Å². The smallest absolute Gasteiger partial charge is 0.278 e. The van der Waals surface area contributed by atoms with Crippen molar-refractivity contribution in [1.29, 1.82) is 0 Å². The molecule has 172 valence electrons. The zero-order valence-electron chi connectivity index (χ0n) is 19.3. The van der Waals surface area contributed by atoms with E-state index in [1.165, 1.54) is 4.68 Å². The molecule has 4 aromatic rings. The zero-order chi connectivity index (χ0) is 23.8. The second-order valence-corrected chi connectivity index (χ2v) is 8.37. The van der Waals surface area contributed by atoms with E-state index in [4.69, 9.17) is 9.47 Å². The standard InChI is InChI=1S/C27H25N3O4/c1-17-12-13-20(14-18(17)2)28-24(31)16-29-27-22(26(32)30(29)21-9-5-4-6-10-21)15-19-8-7-11-23(33-3)25(19)34-27/h4-14H,15-16H2,1-3H3,(H,28,31). The van der Waals surface area contributed by atoms with Gasteiger partial charge in [0.1, 0.15) is 6.54 Å². The Bertz CT molecular complexity index is 1450. The molecule has 1 amide bonds. The van der Waals surface area contributed by atoms with Crippen LogP contribution in [0.5, 0.6) is 17.4 Å². The highest BCUT2D eigenvalue weighted by atomic mass is 16.5. The van der Waals surface area contributed by atoms with Gasteiger partial charge in [-0.15, -0.1) is 0 Å². The number of methoxy groups -OCH3 is 1. The van der Waals surface area contributed by atoms with Crippen molar-refractivity contribution >= 4 is 11.6 Å². The summed E-state index contributed by atoms with van der Waals surface area (Å²) in [5, 5.41) is 2.94. The van der Waals surface area contributed by atoms with Crippen molar-refractivity contribution in [2.45, 2.75) is 26.8 Å². The first-order valence-corrected chi connectivity index (χ1v) is 11.1. The summed E-state index contributed by atoms with van der Waals surface area (Å²) in [4.78, 5) is 26.6. The maximum absolute atomic E-state index is 13.5. The van der Waals surface area contributed by atoms with Gasteiger partial charge in [0.05, 0.1) is 18.4 Å². The molecule has 0 bridgehead atoms. The predicted molar refractivity (Wildman–Crippen MR) is 130 cm³/mol. The van der Waals surface area contributed by atoms with Crippen LogP contribution < -0.4 is 20.3 Å². The molecule has 0 fully saturated rings. The van der Waals surface area contributed by atoms with Crippen molar-refractivity contribution < 1.29 is 14.3 Å². The fourth-order valence-corrected chi connectivity index (χ4v) is 4.23. The topological polar surface area (TPSA) is 74.5 Å². The van der Waals surface area contributed by atoms with E-state index in [0.29, 0.717) is 40.7 Å². The molecule has 0 saturated heterocycles. The Balaban J connectivity index is 1.58. The van der Waals surface area contributed by atoms with Gasteiger partial charge in [-0.25, -0.2) is 9.36 Å². The Morgan fingerprint density at radius 1 is 1.03 bits per heavy atom. The van der Waals surface area contributed by atoms with E-state index in [-0.39, 0.29) is 18.0 Å². The van der Waals surface area contributed by atoms with Crippen LogP contribution in [0.4, 0.5) is 5.69 Å². The van der Waals surface area contributed by atoms with Crippen molar-refractivity contribution in [3.05, 3.63) is 99.3 Å². The molecule has 0 spiro atoms. The first-order chi connectivity index (χ1) is 16.5. The third-order valence-corrected chi connectivity index (χ3v) is 6.12. The van der Waals surface area contributed by atoms with E-state index in [0.717, 1.165) is 16.7 Å². The molecule has 7 heteroatoms. The maximum atomic E-state index is 13.5. The zero-order valence-corrected chi connectivity index (χ0v) is 19.3. The Labute approximate surface area is 197 Å². The van der Waals surface area contributed by atoms with Gasteiger partial charge in [-0.05, 0) is 55.3 Å². The van der Waals surface area contributed by atoms with Gasteiger partial charge < -0.3 is 14.8 Å². The summed E-state index contributed by atoms with van der Waals surface area (Å²) in [6.07, 6.45) is 0.388. The number of hydrogen-bond acceptors (Lipinski definition) is 4. The second-order valence-electron chi connectivity index (χ2n) is 8.37. The Hall–Kier alpha value is -4.26. The minimum absolute atomic E-state index is 0.100. The number of nitrogens with zero attached hydrogens (tertiary/aromatic N) is 2. The van der Waals surface area contributed by atoms with Gasteiger partial charge in [0.15, 0.2) is 11.5 Å². The lowest BCUT2D eigenvalue weighted by Crippen LogP contribution is -2.27. The number of para-hydroxylation sites is 2. The summed E-state index contributed by atoms with van der Waals surface area (Å²) in [6, 6.07) is 20.6. The molecule has 0 radical (unpaired) electrons. The number of carbonyl (C=O) groups excluding carboxylic acids is 1. The minimum Gasteiger partial charge on any atom is -0.493 e. The average molecular weight is 456 g/mol. The SMILES string of the molecule is COc1cccc2c1Oc1c(c(=O)n(-c3ccccc3)n1CC(=O)Nc1ccc(C)c(C)c1)C2. The molecule has 0 atom stereocenters. The molecular weight excluding hydrogens is 430 g/mol. The van der Waals surface area contributed by atoms with Crippen LogP contribution >= 0.6 is 0 Å². The van der Waals surface area contributed by atoms with E-state index in [2.05, 4.69) is 5.32 Å². The predicted octanol–water partition coefficient (Wildman–Crippen LogP) is 4.60. The molecule has 0 aliphatic carbocycles. The summed E-state index contributed by atoms with van der Waals surface area (Å²) >= 11 is 0. The molecule has 1 aliphatic heterocycles. The molecule has 0 saturated carbocycles. The molecule has 7 nitrogen and oxygen atoms in total. The lowest BCUT2D eigenvalue weighted by atomic mass is 10.0. The van der Waals surface area contributed by atoms with Gasteiger partial charge >= 0.3 is 0 Å². The highest BCUT2D eigenvalue weighted by Gasteiger charge is 2.30. The second kappa shape index (κ2) is 8.59. The Morgan fingerprint density at radius 3 is 2.56 bits per heavy atom. The van der Waals surface area contributed by atoms with E-state index in [9.17, 15) is 9.59 Å². The minimum atomic E-state index is -0.264. The van der Waals surface area contributed by atoms with Gasteiger partial charge in [-0.2, -0.15) is 0 Å². The summed E-state index contributed by atoms with van der Waals surface area (Å²) in [7, 11) is 1.58. The number of carbonyl (C=O) groups is 1. The Kier molecular flexibility index (Phi) is 5.45. The highest BCUT2D eigenvalue weighted by molar-refractivity contribution is 5.90. The summed E-state index contributed by atoms with van der Waals surface area (Å²) in [5.41, 5.74) is 4.75. The lowest BCUT2D eigenvalue weighted by molar-refractivity contribution is -0.117. The lowest BCUT2D eigenvalue weighted by Gasteiger charge is -2.21. The number of benzene rings is 3. The number of hydrogen-bond donors (Lipinski definition) is 1. The first kappa shape index (κ1) is 21.6. The largest absolute Gasteiger partial charge is 0.493 e. The van der Waals surface area contributed by atoms with Crippen LogP contribution in [0.2, 0.25) is 0 Å². The van der Waals surface area contributed by atoms with Crippen LogP contribution in [0, 0.1) is 13.8 Å². The molecule has 5 rings (SSSR count). The fraction of sp³-hybridized carbons (Fsp3) is 0.185. The Morgan fingerprint density at radius 2 is 1.82 bits per heavy atom. The van der Waals surface area contributed by atoms with E-state index < -0.39 is 0 Å². The monoisotopic (exact) mass is 455 g/mol. The average Bonchev–Trinajstić information content (AvgIpc) is 3.10. The van der Waals surface area contributed by atoms with Crippen molar-refractivity contribution in [1.82, 2.24) is 9.36 Å². The fourth-order valence-electron chi connectivity index (χ4n) is 4.23. The number of aryl methyl sites for hydroxylation is 2. The number of ether oxygens (including phenoxy) is 2. The van der Waals surface area contributed by atoms with Gasteiger partial charge in [-0.3, -0.25) is 9.59 Å². The first-order valence-electron chi connectivity index (χ1n) is 11.1. The molecule has 34 heavy (non-hydrogen) atoms. The van der Waals surface area contributed by atoms with Gasteiger partial charge in [0.2, 0.25) is 11.8 Å². The van der Waals surface area contributed by atoms with Crippen LogP contribution in [0.15, 0.2) is 71.5 Å². The van der Waals surface area contributed by atoms with E-state index in [1.54, 1.807) is 11.8 Å². The van der Waals surface area contributed by atoms with Gasteiger partial charge in [-0.1, -0.05) is 36.4 Å². The molecule has 1 aromatic heterocycles. The summed E-state index contributed by atoms with van der Waals surface area (Å²) in [6.45, 7) is 3.92. The number of aromatic nitrogens is 2. The third kappa shape index (κ3) is 3.75. The van der Waals surface area contributed by atoms with Crippen LogP contribution in [0.1, 0.15) is 22.3 Å².